The lowest BCUT2D eigenvalue weighted by molar-refractivity contribution is -0.199. The number of ketones is 1. The first-order chi connectivity index (χ1) is 17.9. The minimum atomic E-state index is -1.15. The van der Waals surface area contributed by atoms with E-state index in [0.717, 1.165) is 63.4 Å². The van der Waals surface area contributed by atoms with Crippen LogP contribution in [-0.4, -0.2) is 40.6 Å². The Labute approximate surface area is 220 Å². The molecule has 2 rings (SSSR count). The smallest absolute Gasteiger partial charge is 0.342 e. The van der Waals surface area contributed by atoms with Crippen LogP contribution in [0.4, 0.5) is 0 Å². The fraction of sp³-hybridized carbons (Fsp3) is 0.621. The van der Waals surface area contributed by atoms with Gasteiger partial charge < -0.3 is 10.2 Å². The van der Waals surface area contributed by atoms with E-state index in [1.165, 1.54) is 0 Å². The third kappa shape index (κ3) is 10.5. The van der Waals surface area contributed by atoms with E-state index in [4.69, 9.17) is 4.84 Å². The van der Waals surface area contributed by atoms with Crippen molar-refractivity contribution in [1.82, 2.24) is 10.4 Å². The molecule has 37 heavy (non-hydrogen) atoms. The van der Waals surface area contributed by atoms with Crippen molar-refractivity contribution in [2.45, 2.75) is 110 Å². The third-order valence-electron chi connectivity index (χ3n) is 6.65. The van der Waals surface area contributed by atoms with Gasteiger partial charge in [-0.2, -0.15) is 0 Å². The molecule has 204 valence electrons. The van der Waals surface area contributed by atoms with Gasteiger partial charge in [0.2, 0.25) is 5.91 Å². The Morgan fingerprint density at radius 3 is 2.08 bits per heavy atom. The maximum atomic E-state index is 13.4. The molecule has 1 aromatic rings. The fourth-order valence-corrected chi connectivity index (χ4v) is 4.42. The van der Waals surface area contributed by atoms with Gasteiger partial charge in [0.15, 0.2) is 0 Å². The van der Waals surface area contributed by atoms with Crippen molar-refractivity contribution >= 4 is 29.5 Å². The monoisotopic (exact) mass is 514 g/mol. The summed E-state index contributed by atoms with van der Waals surface area (Å²) in [7, 11) is 0. The van der Waals surface area contributed by atoms with Crippen molar-refractivity contribution in [3.8, 4) is 0 Å². The molecule has 0 spiro atoms. The Morgan fingerprint density at radius 1 is 0.865 bits per heavy atom. The van der Waals surface area contributed by atoms with E-state index in [0.29, 0.717) is 17.9 Å². The molecule has 1 heterocycles. The first kappa shape index (κ1) is 30.2. The number of benzene rings is 1. The number of amides is 3. The number of hydrogen-bond acceptors (Lipinski definition) is 6. The number of unbranched alkanes of at least 4 members (excludes halogenated alkanes) is 7. The molecule has 1 aliphatic heterocycles. The number of imide groups is 1. The van der Waals surface area contributed by atoms with E-state index in [1.807, 2.05) is 30.3 Å². The molecule has 1 N–H and O–H groups in total. The maximum Gasteiger partial charge on any atom is 0.355 e. The molecule has 3 amide bonds. The van der Waals surface area contributed by atoms with Crippen molar-refractivity contribution in [3.05, 3.63) is 35.9 Å². The van der Waals surface area contributed by atoms with Gasteiger partial charge in [-0.15, -0.1) is 5.06 Å². The minimum absolute atomic E-state index is 0.0194. The highest BCUT2D eigenvalue weighted by atomic mass is 16.7. The Balaban J connectivity index is 2.12. The average Bonchev–Trinajstić information content (AvgIpc) is 3.20. The van der Waals surface area contributed by atoms with Crippen LogP contribution < -0.4 is 5.32 Å². The van der Waals surface area contributed by atoms with Crippen LogP contribution in [0.3, 0.4) is 0 Å². The molecule has 1 aromatic carbocycles. The standard InChI is InChI=1S/C29H42N2O6/c1-3-5-7-9-14-18-25(32)23(17-13-8-6-4-2)28(35)30-24(21-22-15-11-10-12-16-22)29(36)37-31-26(33)19-20-27(31)34/h10-12,15-16,23-24H,3-9,13-14,17-21H2,1-2H3,(H,30,35)/t23?,24-/m0/s1. The van der Waals surface area contributed by atoms with Crippen LogP contribution in [-0.2, 0) is 35.2 Å². The second kappa shape index (κ2) is 16.7. The van der Waals surface area contributed by atoms with Gasteiger partial charge >= 0.3 is 5.97 Å². The Bertz CT molecular complexity index is 885. The van der Waals surface area contributed by atoms with Crippen LogP contribution in [0.1, 0.15) is 103 Å². The summed E-state index contributed by atoms with van der Waals surface area (Å²) in [6.07, 6.45) is 9.57. The quantitative estimate of drug-likeness (QED) is 0.171. The first-order valence-electron chi connectivity index (χ1n) is 13.8. The molecule has 8 nitrogen and oxygen atoms in total. The molecular formula is C29H42N2O6. The number of Topliss-reactive ketones (excluding diaryl/α,β-unsaturated/α-hetero) is 1. The van der Waals surface area contributed by atoms with Gasteiger partial charge in [-0.05, 0) is 18.4 Å². The Morgan fingerprint density at radius 2 is 1.46 bits per heavy atom. The maximum absolute atomic E-state index is 13.4. The van der Waals surface area contributed by atoms with Crippen molar-refractivity contribution < 1.29 is 28.8 Å². The lowest BCUT2D eigenvalue weighted by Gasteiger charge is -2.23. The number of nitrogens with one attached hydrogen (secondary N) is 1. The van der Waals surface area contributed by atoms with Gasteiger partial charge in [-0.3, -0.25) is 19.2 Å². The van der Waals surface area contributed by atoms with Gasteiger partial charge in [0, 0.05) is 25.7 Å². The number of rotatable bonds is 18. The minimum Gasteiger partial charge on any atom is -0.342 e. The highest BCUT2D eigenvalue weighted by Crippen LogP contribution is 2.19. The predicted octanol–water partition coefficient (Wildman–Crippen LogP) is 4.84. The van der Waals surface area contributed by atoms with E-state index in [-0.39, 0.29) is 25.0 Å². The Hall–Kier alpha value is -3.03. The van der Waals surface area contributed by atoms with Crippen molar-refractivity contribution in [2.24, 2.45) is 5.92 Å². The van der Waals surface area contributed by atoms with E-state index in [2.05, 4.69) is 19.2 Å². The number of hydrogen-bond donors (Lipinski definition) is 1. The normalized spacial score (nSPS) is 14.9. The summed E-state index contributed by atoms with van der Waals surface area (Å²) in [6, 6.07) is 7.93. The van der Waals surface area contributed by atoms with Crippen molar-refractivity contribution in [3.63, 3.8) is 0 Å². The van der Waals surface area contributed by atoms with Crippen LogP contribution in [0.25, 0.3) is 0 Å². The van der Waals surface area contributed by atoms with Gasteiger partial charge in [-0.25, -0.2) is 4.79 Å². The first-order valence-corrected chi connectivity index (χ1v) is 13.8. The zero-order chi connectivity index (χ0) is 27.0. The molecule has 1 aliphatic rings. The summed E-state index contributed by atoms with van der Waals surface area (Å²) >= 11 is 0. The van der Waals surface area contributed by atoms with Crippen LogP contribution in [0.15, 0.2) is 30.3 Å². The zero-order valence-corrected chi connectivity index (χ0v) is 22.3. The van der Waals surface area contributed by atoms with E-state index in [9.17, 15) is 24.0 Å². The molecule has 1 saturated heterocycles. The third-order valence-corrected chi connectivity index (χ3v) is 6.65. The lowest BCUT2D eigenvalue weighted by Crippen LogP contribution is -2.49. The largest absolute Gasteiger partial charge is 0.355 e. The summed E-state index contributed by atoms with van der Waals surface area (Å²) in [5.74, 6) is -3.54. The van der Waals surface area contributed by atoms with E-state index in [1.54, 1.807) is 0 Å². The van der Waals surface area contributed by atoms with E-state index >= 15 is 0 Å². The summed E-state index contributed by atoms with van der Waals surface area (Å²) in [5.41, 5.74) is 0.769. The van der Waals surface area contributed by atoms with Crippen LogP contribution >= 0.6 is 0 Å². The summed E-state index contributed by atoms with van der Waals surface area (Å²) in [4.78, 5) is 68.5. The molecule has 0 saturated carbocycles. The summed E-state index contributed by atoms with van der Waals surface area (Å²) in [6.45, 7) is 4.23. The number of carbonyl (C=O) groups is 5. The summed E-state index contributed by atoms with van der Waals surface area (Å²) in [5, 5.41) is 3.20. The van der Waals surface area contributed by atoms with Crippen molar-refractivity contribution in [1.29, 1.82) is 0 Å². The average molecular weight is 515 g/mol. The second-order valence-corrected chi connectivity index (χ2v) is 9.78. The molecule has 0 bridgehead atoms. The lowest BCUT2D eigenvalue weighted by atomic mass is 9.91. The fourth-order valence-electron chi connectivity index (χ4n) is 4.42. The van der Waals surface area contributed by atoms with Gasteiger partial charge in [0.25, 0.3) is 11.8 Å². The van der Waals surface area contributed by atoms with Crippen molar-refractivity contribution in [2.75, 3.05) is 0 Å². The molecule has 1 fully saturated rings. The topological polar surface area (TPSA) is 110 Å². The van der Waals surface area contributed by atoms with Gasteiger partial charge in [0.05, 0.1) is 5.92 Å². The summed E-state index contributed by atoms with van der Waals surface area (Å²) < 4.78 is 0. The highest BCUT2D eigenvalue weighted by molar-refractivity contribution is 6.03. The molecule has 0 aliphatic carbocycles. The number of nitrogens with zero attached hydrogens (tertiary/aromatic N) is 1. The van der Waals surface area contributed by atoms with Crippen LogP contribution in [0.2, 0.25) is 0 Å². The van der Waals surface area contributed by atoms with Crippen LogP contribution in [0, 0.1) is 5.92 Å². The van der Waals surface area contributed by atoms with Gasteiger partial charge in [0.1, 0.15) is 11.8 Å². The number of hydroxylamine groups is 2. The Kier molecular flexibility index (Phi) is 13.6. The van der Waals surface area contributed by atoms with Gasteiger partial charge in [-0.1, -0.05) is 95.5 Å². The zero-order valence-electron chi connectivity index (χ0n) is 22.3. The van der Waals surface area contributed by atoms with E-state index < -0.39 is 35.7 Å². The number of carbonyl (C=O) groups excluding carboxylic acids is 5. The molecule has 0 aromatic heterocycles. The molecule has 1 unspecified atom stereocenters. The highest BCUT2D eigenvalue weighted by Gasteiger charge is 2.36. The molecular weight excluding hydrogens is 472 g/mol. The molecule has 2 atom stereocenters. The van der Waals surface area contributed by atoms with Crippen LogP contribution in [0.5, 0.6) is 0 Å². The molecule has 0 radical (unpaired) electrons. The SMILES string of the molecule is CCCCCCCC(=O)C(CCCCCC)C(=O)N[C@@H](Cc1ccccc1)C(=O)ON1C(=O)CCC1=O. The second-order valence-electron chi connectivity index (χ2n) is 9.78. The predicted molar refractivity (Wildman–Crippen MR) is 140 cm³/mol. The molecule has 8 heteroatoms.